The Morgan fingerprint density at radius 1 is 1.53 bits per heavy atom. The number of carbonyl (C=O) groups excluding carboxylic acids is 1. The number of methoxy groups -OCH3 is 1. The molecular formula is C14H27NO2. The summed E-state index contributed by atoms with van der Waals surface area (Å²) in [6, 6.07) is 0. The van der Waals surface area contributed by atoms with Gasteiger partial charge in [0.15, 0.2) is 0 Å². The van der Waals surface area contributed by atoms with Gasteiger partial charge in [0, 0.05) is 5.54 Å². The molecule has 0 aliphatic heterocycles. The van der Waals surface area contributed by atoms with Crippen LogP contribution in [0.2, 0.25) is 0 Å². The van der Waals surface area contributed by atoms with Crippen LogP contribution in [0.15, 0.2) is 0 Å². The second-order valence-electron chi connectivity index (χ2n) is 6.13. The fourth-order valence-electron chi connectivity index (χ4n) is 3.16. The molecule has 1 saturated carbocycles. The Bertz CT molecular complexity index is 270. The van der Waals surface area contributed by atoms with Gasteiger partial charge in [-0.3, -0.25) is 4.79 Å². The molecule has 0 bridgehead atoms. The van der Waals surface area contributed by atoms with E-state index >= 15 is 0 Å². The topological polar surface area (TPSA) is 52.3 Å². The van der Waals surface area contributed by atoms with E-state index in [1.165, 1.54) is 26.4 Å². The molecule has 100 valence electrons. The highest BCUT2D eigenvalue weighted by Crippen LogP contribution is 2.49. The highest BCUT2D eigenvalue weighted by atomic mass is 16.5. The van der Waals surface area contributed by atoms with Gasteiger partial charge in [0.2, 0.25) is 0 Å². The minimum absolute atomic E-state index is 0.0843. The molecular weight excluding hydrogens is 214 g/mol. The highest BCUT2D eigenvalue weighted by Gasteiger charge is 2.46. The van der Waals surface area contributed by atoms with Crippen LogP contribution >= 0.6 is 0 Å². The van der Waals surface area contributed by atoms with Gasteiger partial charge >= 0.3 is 5.97 Å². The van der Waals surface area contributed by atoms with E-state index in [0.717, 1.165) is 12.8 Å². The van der Waals surface area contributed by atoms with Crippen LogP contribution in [-0.2, 0) is 9.53 Å². The third kappa shape index (κ3) is 3.21. The molecule has 0 spiro atoms. The van der Waals surface area contributed by atoms with Crippen molar-refractivity contribution in [2.45, 2.75) is 64.8 Å². The quantitative estimate of drug-likeness (QED) is 0.770. The van der Waals surface area contributed by atoms with E-state index < -0.39 is 0 Å². The molecule has 1 aliphatic rings. The Morgan fingerprint density at radius 3 is 2.65 bits per heavy atom. The minimum Gasteiger partial charge on any atom is -0.469 e. The van der Waals surface area contributed by atoms with E-state index in [1.54, 1.807) is 0 Å². The summed E-state index contributed by atoms with van der Waals surface area (Å²) < 4.78 is 4.85. The van der Waals surface area contributed by atoms with Crippen molar-refractivity contribution in [2.24, 2.45) is 17.1 Å². The van der Waals surface area contributed by atoms with Gasteiger partial charge in [-0.1, -0.05) is 26.2 Å². The number of hydrogen-bond acceptors (Lipinski definition) is 3. The zero-order valence-corrected chi connectivity index (χ0v) is 11.7. The first kappa shape index (κ1) is 14.5. The smallest absolute Gasteiger partial charge is 0.306 e. The Kier molecular flexibility index (Phi) is 4.59. The van der Waals surface area contributed by atoms with Crippen molar-refractivity contribution in [3.8, 4) is 0 Å². The molecule has 0 aromatic carbocycles. The lowest BCUT2D eigenvalue weighted by Crippen LogP contribution is -2.54. The van der Waals surface area contributed by atoms with Crippen molar-refractivity contribution in [3.05, 3.63) is 0 Å². The van der Waals surface area contributed by atoms with Crippen LogP contribution in [0.1, 0.15) is 59.3 Å². The Labute approximate surface area is 105 Å². The summed E-state index contributed by atoms with van der Waals surface area (Å²) in [7, 11) is 1.46. The molecule has 2 unspecified atom stereocenters. The summed E-state index contributed by atoms with van der Waals surface area (Å²) in [4.78, 5) is 11.6. The third-order valence-corrected chi connectivity index (χ3v) is 4.60. The lowest BCUT2D eigenvalue weighted by Gasteiger charge is -2.49. The molecule has 0 aromatic heterocycles. The van der Waals surface area contributed by atoms with Gasteiger partial charge in [-0.15, -0.1) is 0 Å². The Hall–Kier alpha value is -0.570. The molecule has 1 aliphatic carbocycles. The summed E-state index contributed by atoms with van der Waals surface area (Å²) in [6.45, 7) is 6.32. The van der Waals surface area contributed by atoms with Crippen molar-refractivity contribution < 1.29 is 9.53 Å². The zero-order valence-electron chi connectivity index (χ0n) is 11.7. The largest absolute Gasteiger partial charge is 0.469 e. The van der Waals surface area contributed by atoms with Crippen LogP contribution < -0.4 is 5.73 Å². The molecule has 2 atom stereocenters. The van der Waals surface area contributed by atoms with Crippen LogP contribution in [0, 0.1) is 11.3 Å². The lowest BCUT2D eigenvalue weighted by atomic mass is 9.58. The average molecular weight is 241 g/mol. The van der Waals surface area contributed by atoms with Crippen molar-refractivity contribution in [2.75, 3.05) is 7.11 Å². The van der Waals surface area contributed by atoms with Gasteiger partial charge in [-0.25, -0.2) is 0 Å². The molecule has 0 amide bonds. The summed E-state index contributed by atoms with van der Waals surface area (Å²) in [5.41, 5.74) is 5.95. The molecule has 2 N–H and O–H groups in total. The molecule has 1 rings (SSSR count). The van der Waals surface area contributed by atoms with Crippen molar-refractivity contribution in [1.82, 2.24) is 0 Å². The summed E-state index contributed by atoms with van der Waals surface area (Å²) in [5.74, 6) is 0.580. The second kappa shape index (κ2) is 5.38. The minimum atomic E-state index is -0.324. The number of carbonyl (C=O) groups is 1. The predicted molar refractivity (Wildman–Crippen MR) is 69.6 cm³/mol. The summed E-state index contributed by atoms with van der Waals surface area (Å²) in [5, 5.41) is 0. The van der Waals surface area contributed by atoms with Gasteiger partial charge < -0.3 is 10.5 Å². The number of hydrogen-bond donors (Lipinski definition) is 1. The van der Waals surface area contributed by atoms with E-state index in [2.05, 4.69) is 6.92 Å². The van der Waals surface area contributed by atoms with Gasteiger partial charge in [-0.05, 0) is 38.0 Å². The molecule has 0 aromatic rings. The molecule has 1 fully saturated rings. The van der Waals surface area contributed by atoms with E-state index in [1.807, 2.05) is 13.8 Å². The number of esters is 1. The van der Waals surface area contributed by atoms with Crippen LogP contribution in [-0.4, -0.2) is 18.6 Å². The maximum atomic E-state index is 11.6. The maximum Gasteiger partial charge on any atom is 0.306 e. The third-order valence-electron chi connectivity index (χ3n) is 4.60. The van der Waals surface area contributed by atoms with Gasteiger partial charge in [0.05, 0.1) is 13.5 Å². The molecule has 0 heterocycles. The van der Waals surface area contributed by atoms with Gasteiger partial charge in [-0.2, -0.15) is 0 Å². The molecule has 3 nitrogen and oxygen atoms in total. The summed E-state index contributed by atoms with van der Waals surface area (Å²) >= 11 is 0. The predicted octanol–water partition coefficient (Wildman–Crippen LogP) is 2.87. The highest BCUT2D eigenvalue weighted by molar-refractivity contribution is 5.70. The fraction of sp³-hybridized carbons (Fsp3) is 0.929. The van der Waals surface area contributed by atoms with Crippen LogP contribution in [0.25, 0.3) is 0 Å². The number of ether oxygens (including phenoxy) is 1. The SMILES string of the molecule is CCC1CCCC(CC(=O)OC)(C(C)(C)N)C1. The van der Waals surface area contributed by atoms with Gasteiger partial charge in [0.25, 0.3) is 0 Å². The number of rotatable bonds is 4. The van der Waals surface area contributed by atoms with Crippen LogP contribution in [0.5, 0.6) is 0 Å². The Morgan fingerprint density at radius 2 is 2.18 bits per heavy atom. The molecule has 0 radical (unpaired) electrons. The average Bonchev–Trinajstić information content (AvgIpc) is 2.27. The zero-order chi connectivity index (χ0) is 13.1. The Balaban J connectivity index is 2.89. The molecule has 3 heteroatoms. The monoisotopic (exact) mass is 241 g/mol. The summed E-state index contributed by atoms with van der Waals surface area (Å²) in [6.07, 6.45) is 6.19. The molecule has 17 heavy (non-hydrogen) atoms. The number of nitrogens with two attached hydrogens (primary N) is 1. The normalized spacial score (nSPS) is 30.1. The van der Waals surface area contributed by atoms with Crippen molar-refractivity contribution in [3.63, 3.8) is 0 Å². The van der Waals surface area contributed by atoms with E-state index in [-0.39, 0.29) is 16.9 Å². The van der Waals surface area contributed by atoms with E-state index in [9.17, 15) is 4.79 Å². The maximum absolute atomic E-state index is 11.6. The second-order valence-corrected chi connectivity index (χ2v) is 6.13. The van der Waals surface area contributed by atoms with Gasteiger partial charge in [0.1, 0.15) is 0 Å². The van der Waals surface area contributed by atoms with Crippen molar-refractivity contribution in [1.29, 1.82) is 0 Å². The fourth-order valence-corrected chi connectivity index (χ4v) is 3.16. The lowest BCUT2D eigenvalue weighted by molar-refractivity contribution is -0.146. The van der Waals surface area contributed by atoms with E-state index in [0.29, 0.717) is 12.3 Å². The molecule has 0 saturated heterocycles. The van der Waals surface area contributed by atoms with Crippen LogP contribution in [0.4, 0.5) is 0 Å². The first-order valence-corrected chi connectivity index (χ1v) is 6.70. The van der Waals surface area contributed by atoms with Crippen molar-refractivity contribution >= 4 is 5.97 Å². The van der Waals surface area contributed by atoms with Crippen LogP contribution in [0.3, 0.4) is 0 Å². The first-order chi connectivity index (χ1) is 7.84. The standard InChI is InChI=1S/C14H27NO2/c1-5-11-7-6-8-14(9-11,13(2,3)15)10-12(16)17-4/h11H,5-10,15H2,1-4H3. The first-order valence-electron chi connectivity index (χ1n) is 6.70. The van der Waals surface area contributed by atoms with E-state index in [4.69, 9.17) is 10.5 Å².